The van der Waals surface area contributed by atoms with Crippen LogP contribution >= 0.6 is 0 Å². The second kappa shape index (κ2) is 5.70. The lowest BCUT2D eigenvalue weighted by Crippen LogP contribution is -2.29. The van der Waals surface area contributed by atoms with Gasteiger partial charge in [0.1, 0.15) is 6.67 Å². The van der Waals surface area contributed by atoms with Crippen LogP contribution < -0.4 is 0 Å². The first-order valence-corrected chi connectivity index (χ1v) is 3.26. The summed E-state index contributed by atoms with van der Waals surface area (Å²) < 4.78 is 16.6. The van der Waals surface area contributed by atoms with Crippen molar-refractivity contribution in [1.82, 2.24) is 4.90 Å². The number of rotatable bonds is 3. The third-order valence-corrected chi connectivity index (χ3v) is 1.13. The summed E-state index contributed by atoms with van der Waals surface area (Å²) >= 11 is 0. The Morgan fingerprint density at radius 2 is 2.45 bits per heavy atom. The Bertz CT molecular complexity index is 147. The Labute approximate surface area is 66.2 Å². The molecule has 0 atom stereocenters. The Kier molecular flexibility index (Phi) is 5.15. The Morgan fingerprint density at radius 1 is 1.82 bits per heavy atom. The number of aliphatic imine (C=N–C) groups is 1. The molecule has 0 aliphatic carbocycles. The fourth-order valence-electron chi connectivity index (χ4n) is 0.608. The van der Waals surface area contributed by atoms with Gasteiger partial charge in [0, 0.05) is 13.2 Å². The molecule has 0 aliphatic heterocycles. The molecule has 0 saturated carbocycles. The van der Waals surface area contributed by atoms with Crippen molar-refractivity contribution in [1.29, 1.82) is 0 Å². The van der Waals surface area contributed by atoms with Gasteiger partial charge < -0.3 is 9.64 Å². The minimum atomic E-state index is -0.421. The monoisotopic (exact) mass is 160 g/mol. The molecule has 0 spiro atoms. The van der Waals surface area contributed by atoms with Crippen LogP contribution in [0.4, 0.5) is 4.39 Å². The molecule has 0 saturated heterocycles. The van der Waals surface area contributed by atoms with Crippen LogP contribution in [0, 0.1) is 0 Å². The number of methoxy groups -OCH3 is 1. The smallest absolute Gasteiger partial charge is 0.291 e. The van der Waals surface area contributed by atoms with Crippen molar-refractivity contribution in [2.75, 3.05) is 27.4 Å². The van der Waals surface area contributed by atoms with E-state index in [1.807, 2.05) is 0 Å². The number of ether oxygens (including phenoxy) is 1. The van der Waals surface area contributed by atoms with Gasteiger partial charge >= 0.3 is 0 Å². The maximum absolute atomic E-state index is 11.8. The SMILES string of the molecule is C=C/N=C(/OC)N(C)CCF. The molecule has 0 heterocycles. The van der Waals surface area contributed by atoms with E-state index in [0.29, 0.717) is 6.02 Å². The number of nitrogens with zero attached hydrogens (tertiary/aromatic N) is 2. The van der Waals surface area contributed by atoms with E-state index in [9.17, 15) is 4.39 Å². The molecule has 3 nitrogen and oxygen atoms in total. The van der Waals surface area contributed by atoms with Gasteiger partial charge in [0.15, 0.2) is 0 Å². The summed E-state index contributed by atoms with van der Waals surface area (Å²) in [6.07, 6.45) is 1.35. The van der Waals surface area contributed by atoms with Crippen LogP contribution in [0.3, 0.4) is 0 Å². The van der Waals surface area contributed by atoms with Crippen molar-refractivity contribution in [3.63, 3.8) is 0 Å². The van der Waals surface area contributed by atoms with Gasteiger partial charge in [-0.2, -0.15) is 0 Å². The molecule has 0 fully saturated rings. The van der Waals surface area contributed by atoms with Crippen LogP contribution in [0.1, 0.15) is 0 Å². The minimum absolute atomic E-state index is 0.278. The van der Waals surface area contributed by atoms with Gasteiger partial charge in [-0.25, -0.2) is 9.38 Å². The molecule has 0 aromatic heterocycles. The van der Waals surface area contributed by atoms with Crippen molar-refractivity contribution < 1.29 is 9.13 Å². The summed E-state index contributed by atoms with van der Waals surface area (Å²) in [5, 5.41) is 0. The maximum atomic E-state index is 11.8. The molecule has 64 valence electrons. The van der Waals surface area contributed by atoms with Gasteiger partial charge in [0.2, 0.25) is 0 Å². The summed E-state index contributed by atoms with van der Waals surface area (Å²) in [6.45, 7) is 3.26. The largest absolute Gasteiger partial charge is 0.468 e. The van der Waals surface area contributed by atoms with Crippen LogP contribution in [0.2, 0.25) is 0 Å². The molecule has 0 aliphatic rings. The maximum Gasteiger partial charge on any atom is 0.291 e. The summed E-state index contributed by atoms with van der Waals surface area (Å²) in [5.74, 6) is 0. The average Bonchev–Trinajstić information content (AvgIpc) is 2.00. The lowest BCUT2D eigenvalue weighted by molar-refractivity contribution is 0.292. The number of halogens is 1. The molecular formula is C7H13FN2O. The van der Waals surface area contributed by atoms with Crippen LogP contribution in [-0.2, 0) is 4.74 Å². The number of hydrogen-bond acceptors (Lipinski definition) is 2. The lowest BCUT2D eigenvalue weighted by Gasteiger charge is -2.16. The fraction of sp³-hybridized carbons (Fsp3) is 0.571. The third-order valence-electron chi connectivity index (χ3n) is 1.13. The molecule has 0 amide bonds. The van der Waals surface area contributed by atoms with Crippen molar-refractivity contribution >= 4 is 6.02 Å². The summed E-state index contributed by atoms with van der Waals surface area (Å²) in [6, 6.07) is 0.373. The molecule has 4 heteroatoms. The van der Waals surface area contributed by atoms with Crippen molar-refractivity contribution in [3.05, 3.63) is 12.8 Å². The van der Waals surface area contributed by atoms with E-state index in [1.165, 1.54) is 13.3 Å². The Hall–Kier alpha value is -1.06. The molecule has 11 heavy (non-hydrogen) atoms. The predicted molar refractivity (Wildman–Crippen MR) is 43.2 cm³/mol. The number of amidine groups is 1. The molecule has 0 rings (SSSR count). The van der Waals surface area contributed by atoms with Crippen molar-refractivity contribution in [2.45, 2.75) is 0 Å². The average molecular weight is 160 g/mol. The second-order valence-electron chi connectivity index (χ2n) is 1.91. The quantitative estimate of drug-likeness (QED) is 0.455. The van der Waals surface area contributed by atoms with E-state index in [-0.39, 0.29) is 6.54 Å². The van der Waals surface area contributed by atoms with Gasteiger partial charge in [-0.3, -0.25) is 0 Å². The highest BCUT2D eigenvalue weighted by Crippen LogP contribution is 1.89. The van der Waals surface area contributed by atoms with E-state index in [1.54, 1.807) is 11.9 Å². The topological polar surface area (TPSA) is 24.8 Å². The van der Waals surface area contributed by atoms with Crippen molar-refractivity contribution in [3.8, 4) is 0 Å². The summed E-state index contributed by atoms with van der Waals surface area (Å²) in [5.41, 5.74) is 0. The highest BCUT2D eigenvalue weighted by molar-refractivity contribution is 5.73. The van der Waals surface area contributed by atoms with Gasteiger partial charge in [-0.1, -0.05) is 6.58 Å². The first-order valence-electron chi connectivity index (χ1n) is 3.26. The molecule has 0 bridgehead atoms. The summed E-state index contributed by atoms with van der Waals surface area (Å²) in [7, 11) is 3.18. The van der Waals surface area contributed by atoms with E-state index >= 15 is 0 Å². The standard InChI is InChI=1S/C7H13FN2O/c1-4-9-7(11-3)10(2)6-5-8/h4H,1,5-6H2,2-3H3/b9-7+. The van der Waals surface area contributed by atoms with E-state index < -0.39 is 6.67 Å². The van der Waals surface area contributed by atoms with Crippen molar-refractivity contribution in [2.24, 2.45) is 4.99 Å². The van der Waals surface area contributed by atoms with Crippen LogP contribution in [-0.4, -0.2) is 38.3 Å². The van der Waals surface area contributed by atoms with Gasteiger partial charge in [0.25, 0.3) is 6.02 Å². The highest BCUT2D eigenvalue weighted by atomic mass is 19.1. The van der Waals surface area contributed by atoms with Gasteiger partial charge in [-0.05, 0) is 0 Å². The third kappa shape index (κ3) is 3.60. The molecule has 0 radical (unpaired) electrons. The highest BCUT2D eigenvalue weighted by Gasteiger charge is 2.03. The van der Waals surface area contributed by atoms with Crippen LogP contribution in [0.15, 0.2) is 17.8 Å². The van der Waals surface area contributed by atoms with Gasteiger partial charge in [0.05, 0.1) is 13.7 Å². The van der Waals surface area contributed by atoms with Crippen LogP contribution in [0.5, 0.6) is 0 Å². The Morgan fingerprint density at radius 3 is 2.82 bits per heavy atom. The van der Waals surface area contributed by atoms with E-state index in [4.69, 9.17) is 4.74 Å². The first kappa shape index (κ1) is 9.94. The zero-order chi connectivity index (χ0) is 8.69. The molecule has 0 unspecified atom stereocenters. The van der Waals surface area contributed by atoms with Gasteiger partial charge in [-0.15, -0.1) is 0 Å². The predicted octanol–water partition coefficient (Wildman–Crippen LogP) is 1.03. The summed E-state index contributed by atoms with van der Waals surface area (Å²) in [4.78, 5) is 5.35. The zero-order valence-corrected chi connectivity index (χ0v) is 6.88. The fourth-order valence-corrected chi connectivity index (χ4v) is 0.608. The molecule has 0 aromatic rings. The lowest BCUT2D eigenvalue weighted by atomic mass is 10.6. The molecule has 0 N–H and O–H groups in total. The van der Waals surface area contributed by atoms with Crippen LogP contribution in [0.25, 0.3) is 0 Å². The zero-order valence-electron chi connectivity index (χ0n) is 6.88. The normalized spacial score (nSPS) is 11.0. The van der Waals surface area contributed by atoms with E-state index in [2.05, 4.69) is 11.6 Å². The number of hydrogen-bond donors (Lipinski definition) is 0. The molecule has 0 aromatic carbocycles. The molecular weight excluding hydrogens is 147 g/mol. The number of alkyl halides is 1. The van der Waals surface area contributed by atoms with E-state index in [0.717, 1.165) is 0 Å². The second-order valence-corrected chi connectivity index (χ2v) is 1.91. The Balaban J connectivity index is 4.01. The first-order chi connectivity index (χ1) is 5.26. The minimum Gasteiger partial charge on any atom is -0.468 e.